The Bertz CT molecular complexity index is 1110. The van der Waals surface area contributed by atoms with Crippen molar-refractivity contribution in [3.05, 3.63) is 74.3 Å². The van der Waals surface area contributed by atoms with Gasteiger partial charge in [0.15, 0.2) is 0 Å². The van der Waals surface area contributed by atoms with Gasteiger partial charge >= 0.3 is 0 Å². The fraction of sp³-hybridized carbons (Fsp3) is 0.318. The molecule has 2 aromatic carbocycles. The third kappa shape index (κ3) is 4.16. The Balaban J connectivity index is 2.14. The Morgan fingerprint density at radius 2 is 1.90 bits per heavy atom. The summed E-state index contributed by atoms with van der Waals surface area (Å²) >= 11 is 12.4. The number of aromatic nitrogens is 2. The molecule has 0 aliphatic heterocycles. The lowest BCUT2D eigenvalue weighted by atomic mass is 10.1. The van der Waals surface area contributed by atoms with Crippen LogP contribution >= 0.6 is 23.2 Å². The van der Waals surface area contributed by atoms with E-state index >= 15 is 0 Å². The minimum absolute atomic E-state index is 0.141. The maximum atomic E-state index is 13.3. The van der Waals surface area contributed by atoms with Gasteiger partial charge in [-0.3, -0.25) is 14.2 Å². The largest absolute Gasteiger partial charge is 0.329 e. The van der Waals surface area contributed by atoms with Gasteiger partial charge in [0.05, 0.1) is 27.5 Å². The zero-order valence-electron chi connectivity index (χ0n) is 16.7. The van der Waals surface area contributed by atoms with E-state index in [-0.39, 0.29) is 11.5 Å². The Kier molecular flexibility index (Phi) is 6.60. The summed E-state index contributed by atoms with van der Waals surface area (Å²) in [6.45, 7) is 6.73. The van der Waals surface area contributed by atoms with E-state index < -0.39 is 6.04 Å². The Morgan fingerprint density at radius 1 is 1.17 bits per heavy atom. The van der Waals surface area contributed by atoms with Gasteiger partial charge in [0.2, 0.25) is 0 Å². The summed E-state index contributed by atoms with van der Waals surface area (Å²) in [6, 6.07) is 11.6. The average molecular weight is 432 g/mol. The number of nitrogens with zero attached hydrogens (tertiary/aromatic N) is 3. The highest BCUT2D eigenvalue weighted by Gasteiger charge is 2.27. The quantitative estimate of drug-likeness (QED) is 0.529. The Morgan fingerprint density at radius 3 is 2.55 bits per heavy atom. The van der Waals surface area contributed by atoms with Gasteiger partial charge in [-0.1, -0.05) is 42.3 Å². The predicted octanol–water partition coefficient (Wildman–Crippen LogP) is 5.34. The van der Waals surface area contributed by atoms with Crippen molar-refractivity contribution in [1.29, 1.82) is 0 Å². The van der Waals surface area contributed by atoms with Crippen LogP contribution < -0.4 is 5.56 Å². The van der Waals surface area contributed by atoms with E-state index in [0.29, 0.717) is 45.4 Å². The number of fused-ring (bicyclic) bond motifs is 1. The van der Waals surface area contributed by atoms with E-state index in [0.717, 1.165) is 6.42 Å². The number of hydrogen-bond acceptors (Lipinski definition) is 3. The Hall–Kier alpha value is -2.37. The lowest BCUT2D eigenvalue weighted by Gasteiger charge is -2.30. The van der Waals surface area contributed by atoms with Crippen molar-refractivity contribution in [1.82, 2.24) is 14.5 Å². The first kappa shape index (κ1) is 21.3. The highest BCUT2D eigenvalue weighted by Crippen LogP contribution is 2.26. The smallest absolute Gasteiger partial charge is 0.261 e. The fourth-order valence-electron chi connectivity index (χ4n) is 3.48. The number of rotatable bonds is 6. The molecular formula is C22H23Cl2N3O2. The molecule has 0 N–H and O–H groups in total. The molecule has 29 heavy (non-hydrogen) atoms. The molecule has 7 heteroatoms. The van der Waals surface area contributed by atoms with Crippen molar-refractivity contribution in [3.63, 3.8) is 0 Å². The van der Waals surface area contributed by atoms with Gasteiger partial charge in [-0.25, -0.2) is 4.98 Å². The zero-order valence-corrected chi connectivity index (χ0v) is 18.2. The van der Waals surface area contributed by atoms with Gasteiger partial charge in [0, 0.05) is 18.1 Å². The minimum atomic E-state index is -0.422. The molecule has 152 valence electrons. The zero-order chi connectivity index (χ0) is 21.1. The first-order valence-corrected chi connectivity index (χ1v) is 10.4. The third-order valence-corrected chi connectivity index (χ3v) is 5.50. The molecule has 0 aliphatic carbocycles. The maximum Gasteiger partial charge on any atom is 0.261 e. The average Bonchev–Trinajstić information content (AvgIpc) is 2.71. The molecule has 0 fully saturated rings. The highest BCUT2D eigenvalue weighted by molar-refractivity contribution is 6.33. The summed E-state index contributed by atoms with van der Waals surface area (Å²) in [5.41, 5.74) is 0.817. The molecule has 1 heterocycles. The summed E-state index contributed by atoms with van der Waals surface area (Å²) < 4.78 is 1.61. The molecule has 0 radical (unpaired) electrons. The van der Waals surface area contributed by atoms with Crippen LogP contribution in [0.15, 0.2) is 47.3 Å². The summed E-state index contributed by atoms with van der Waals surface area (Å²) in [7, 11) is 0. The van der Waals surface area contributed by atoms with E-state index in [1.807, 2.05) is 20.8 Å². The highest BCUT2D eigenvalue weighted by atomic mass is 35.5. The number of halogens is 2. The van der Waals surface area contributed by atoms with Gasteiger partial charge < -0.3 is 4.90 Å². The van der Waals surface area contributed by atoms with E-state index in [1.54, 1.807) is 51.9 Å². The number of carbonyl (C=O) groups is 1. The van der Waals surface area contributed by atoms with Crippen LogP contribution in [-0.4, -0.2) is 26.9 Å². The third-order valence-electron chi connectivity index (χ3n) is 4.93. The molecule has 1 unspecified atom stereocenters. The number of benzene rings is 2. The molecule has 3 rings (SSSR count). The van der Waals surface area contributed by atoms with Gasteiger partial charge in [0.25, 0.3) is 11.5 Å². The van der Waals surface area contributed by atoms with Crippen LogP contribution in [-0.2, 0) is 6.54 Å². The number of amides is 1. The molecule has 0 saturated carbocycles. The van der Waals surface area contributed by atoms with Gasteiger partial charge in [-0.2, -0.15) is 0 Å². The first-order valence-electron chi connectivity index (χ1n) is 9.64. The SMILES string of the molecule is CCCN(C(=O)c1ccccc1Cl)C(C)c1nc2cc(Cl)ccc2c(=O)n1CC. The molecule has 1 amide bonds. The Labute approximate surface area is 179 Å². The lowest BCUT2D eigenvalue weighted by Crippen LogP contribution is -2.38. The molecule has 1 atom stereocenters. The molecule has 0 saturated heterocycles. The standard InChI is InChI=1S/C22H23Cl2N3O2/c1-4-12-27(21(28)16-8-6-7-9-18(16)24)14(3)20-25-19-13-15(23)10-11-17(19)22(29)26(20)5-2/h6-11,13-14H,4-5,12H2,1-3H3. The van der Waals surface area contributed by atoms with Crippen LogP contribution in [0, 0.1) is 0 Å². The van der Waals surface area contributed by atoms with Crippen LogP contribution in [0.5, 0.6) is 0 Å². The molecule has 0 bridgehead atoms. The van der Waals surface area contributed by atoms with Crippen LogP contribution in [0.2, 0.25) is 10.0 Å². The molecule has 0 aliphatic rings. The van der Waals surface area contributed by atoms with Crippen molar-refractivity contribution >= 4 is 40.0 Å². The predicted molar refractivity (Wildman–Crippen MR) is 118 cm³/mol. The van der Waals surface area contributed by atoms with Crippen molar-refractivity contribution < 1.29 is 4.79 Å². The molecule has 1 aromatic heterocycles. The van der Waals surface area contributed by atoms with E-state index in [1.165, 1.54) is 0 Å². The second kappa shape index (κ2) is 8.97. The van der Waals surface area contributed by atoms with Gasteiger partial charge in [-0.05, 0) is 50.6 Å². The molecular weight excluding hydrogens is 409 g/mol. The number of hydrogen-bond donors (Lipinski definition) is 0. The second-order valence-corrected chi connectivity index (χ2v) is 7.68. The van der Waals surface area contributed by atoms with Crippen LogP contribution in [0.3, 0.4) is 0 Å². The van der Waals surface area contributed by atoms with E-state index in [2.05, 4.69) is 0 Å². The minimum Gasteiger partial charge on any atom is -0.329 e. The maximum absolute atomic E-state index is 13.3. The van der Waals surface area contributed by atoms with Gasteiger partial charge in [-0.15, -0.1) is 0 Å². The lowest BCUT2D eigenvalue weighted by molar-refractivity contribution is 0.0679. The summed E-state index contributed by atoms with van der Waals surface area (Å²) in [6.07, 6.45) is 0.760. The van der Waals surface area contributed by atoms with Crippen LogP contribution in [0.25, 0.3) is 10.9 Å². The number of carbonyl (C=O) groups excluding carboxylic acids is 1. The summed E-state index contributed by atoms with van der Waals surface area (Å²) in [5, 5.41) is 1.42. The molecule has 5 nitrogen and oxygen atoms in total. The summed E-state index contributed by atoms with van der Waals surface area (Å²) in [4.78, 5) is 32.7. The van der Waals surface area contributed by atoms with E-state index in [9.17, 15) is 9.59 Å². The monoisotopic (exact) mass is 431 g/mol. The van der Waals surface area contributed by atoms with Crippen molar-refractivity contribution in [2.45, 2.75) is 39.8 Å². The van der Waals surface area contributed by atoms with Crippen molar-refractivity contribution in [3.8, 4) is 0 Å². The van der Waals surface area contributed by atoms with Crippen molar-refractivity contribution in [2.75, 3.05) is 6.54 Å². The summed E-state index contributed by atoms with van der Waals surface area (Å²) in [5.74, 6) is 0.342. The van der Waals surface area contributed by atoms with Crippen LogP contribution in [0.1, 0.15) is 49.4 Å². The first-order chi connectivity index (χ1) is 13.9. The van der Waals surface area contributed by atoms with E-state index in [4.69, 9.17) is 28.2 Å². The molecule has 0 spiro atoms. The second-order valence-electron chi connectivity index (χ2n) is 6.84. The van der Waals surface area contributed by atoms with Crippen LogP contribution in [0.4, 0.5) is 0 Å². The van der Waals surface area contributed by atoms with Crippen molar-refractivity contribution in [2.24, 2.45) is 0 Å². The molecule has 3 aromatic rings. The normalized spacial score (nSPS) is 12.2. The topological polar surface area (TPSA) is 55.2 Å². The van der Waals surface area contributed by atoms with Gasteiger partial charge in [0.1, 0.15) is 5.82 Å². The fourth-order valence-corrected chi connectivity index (χ4v) is 3.86.